The molecule has 4 heterocycles. The van der Waals surface area contributed by atoms with Gasteiger partial charge in [-0.15, -0.1) is 5.10 Å². The number of piperazine rings is 1. The molecule has 0 spiro atoms. The van der Waals surface area contributed by atoms with Crippen LogP contribution < -0.4 is 10.6 Å². The smallest absolute Gasteiger partial charge is 0.350 e. The maximum atomic E-state index is 12.3. The van der Waals surface area contributed by atoms with Crippen molar-refractivity contribution in [3.8, 4) is 0 Å². The van der Waals surface area contributed by atoms with Crippen LogP contribution in [0.2, 0.25) is 0 Å². The monoisotopic (exact) mass is 388 g/mol. The van der Waals surface area contributed by atoms with Crippen LogP contribution in [0.4, 0.5) is 5.82 Å². The van der Waals surface area contributed by atoms with E-state index in [1.165, 1.54) is 5.39 Å². The van der Waals surface area contributed by atoms with Gasteiger partial charge in [0.25, 0.3) is 0 Å². The molecule has 0 aliphatic carbocycles. The van der Waals surface area contributed by atoms with Crippen molar-refractivity contribution in [1.82, 2.24) is 24.1 Å². The zero-order chi connectivity index (χ0) is 19.6. The van der Waals surface area contributed by atoms with E-state index in [1.807, 2.05) is 30.3 Å². The Morgan fingerprint density at radius 2 is 1.69 bits per heavy atom. The lowest BCUT2D eigenvalue weighted by Crippen LogP contribution is -2.47. The van der Waals surface area contributed by atoms with Crippen molar-refractivity contribution >= 4 is 22.4 Å². The third kappa shape index (κ3) is 3.61. The van der Waals surface area contributed by atoms with E-state index >= 15 is 0 Å². The van der Waals surface area contributed by atoms with Gasteiger partial charge in [-0.3, -0.25) is 9.30 Å². The number of aromatic nitrogens is 4. The molecule has 0 atom stereocenters. The predicted molar refractivity (Wildman–Crippen MR) is 114 cm³/mol. The van der Waals surface area contributed by atoms with Crippen LogP contribution in [-0.4, -0.2) is 56.8 Å². The molecule has 7 heteroatoms. The molecular formula is C22H24N6O. The van der Waals surface area contributed by atoms with Gasteiger partial charge in [0.05, 0.1) is 5.52 Å². The number of hydrogen-bond acceptors (Lipinski definition) is 5. The largest absolute Gasteiger partial charge is 0.354 e. The summed E-state index contributed by atoms with van der Waals surface area (Å²) in [5.41, 5.74) is 1.69. The number of aryl methyl sites for hydroxylation is 1. The Morgan fingerprint density at radius 3 is 2.55 bits per heavy atom. The predicted octanol–water partition coefficient (Wildman–Crippen LogP) is 2.26. The number of para-hydroxylation sites is 1. The van der Waals surface area contributed by atoms with Gasteiger partial charge in [0.1, 0.15) is 5.82 Å². The standard InChI is InChI=1S/C22H24N6O/c29-22-27-12-4-3-8-21(27)24-28(22)13-5-11-25-14-16-26(17-15-25)20-10-9-18-6-1-2-7-19(18)23-20/h1-4,6-10,12H,5,11,13-17H2. The highest BCUT2D eigenvalue weighted by atomic mass is 16.2. The normalized spacial score (nSPS) is 15.4. The Balaban J connectivity index is 1.15. The quantitative estimate of drug-likeness (QED) is 0.525. The number of fused-ring (bicyclic) bond motifs is 2. The second kappa shape index (κ2) is 7.67. The van der Waals surface area contributed by atoms with Crippen molar-refractivity contribution in [2.45, 2.75) is 13.0 Å². The molecule has 7 nitrogen and oxygen atoms in total. The molecular weight excluding hydrogens is 364 g/mol. The molecule has 4 aromatic rings. The Hall–Kier alpha value is -3.19. The van der Waals surface area contributed by atoms with E-state index in [2.05, 4.69) is 39.2 Å². The van der Waals surface area contributed by atoms with E-state index in [0.29, 0.717) is 12.2 Å². The number of anilines is 1. The van der Waals surface area contributed by atoms with Gasteiger partial charge in [-0.2, -0.15) is 0 Å². The van der Waals surface area contributed by atoms with E-state index in [4.69, 9.17) is 4.98 Å². The Bertz CT molecular complexity index is 1190. The minimum Gasteiger partial charge on any atom is -0.354 e. The fourth-order valence-electron chi connectivity index (χ4n) is 3.99. The van der Waals surface area contributed by atoms with Gasteiger partial charge in [0, 0.05) is 50.9 Å². The second-order valence-electron chi connectivity index (χ2n) is 7.48. The van der Waals surface area contributed by atoms with Gasteiger partial charge in [-0.1, -0.05) is 24.3 Å². The van der Waals surface area contributed by atoms with E-state index in [9.17, 15) is 4.79 Å². The summed E-state index contributed by atoms with van der Waals surface area (Å²) in [4.78, 5) is 22.0. The molecule has 1 fully saturated rings. The average molecular weight is 388 g/mol. The van der Waals surface area contributed by atoms with Crippen LogP contribution in [0.1, 0.15) is 6.42 Å². The first-order valence-electron chi connectivity index (χ1n) is 10.2. The molecule has 148 valence electrons. The third-order valence-corrected chi connectivity index (χ3v) is 5.61. The molecule has 3 aromatic heterocycles. The Kier molecular flexibility index (Phi) is 4.73. The Morgan fingerprint density at radius 1 is 0.862 bits per heavy atom. The highest BCUT2D eigenvalue weighted by Gasteiger charge is 2.18. The van der Waals surface area contributed by atoms with Gasteiger partial charge in [0.2, 0.25) is 0 Å². The highest BCUT2D eigenvalue weighted by molar-refractivity contribution is 5.80. The number of hydrogen-bond donors (Lipinski definition) is 0. The van der Waals surface area contributed by atoms with E-state index in [0.717, 1.165) is 50.5 Å². The minimum atomic E-state index is -0.0622. The van der Waals surface area contributed by atoms with Gasteiger partial charge < -0.3 is 4.90 Å². The van der Waals surface area contributed by atoms with Gasteiger partial charge >= 0.3 is 5.69 Å². The number of nitrogens with zero attached hydrogens (tertiary/aromatic N) is 6. The van der Waals surface area contributed by atoms with Crippen LogP contribution in [0.15, 0.2) is 65.6 Å². The summed E-state index contributed by atoms with van der Waals surface area (Å²) in [7, 11) is 0. The second-order valence-corrected chi connectivity index (χ2v) is 7.48. The van der Waals surface area contributed by atoms with Crippen molar-refractivity contribution in [1.29, 1.82) is 0 Å². The molecule has 0 unspecified atom stereocenters. The van der Waals surface area contributed by atoms with Crippen molar-refractivity contribution in [2.75, 3.05) is 37.6 Å². The maximum Gasteiger partial charge on any atom is 0.350 e. The molecule has 0 N–H and O–H groups in total. The van der Waals surface area contributed by atoms with Crippen LogP contribution in [0, 0.1) is 0 Å². The zero-order valence-electron chi connectivity index (χ0n) is 16.3. The van der Waals surface area contributed by atoms with Crippen LogP contribution >= 0.6 is 0 Å². The topological polar surface area (TPSA) is 58.7 Å². The molecule has 0 amide bonds. The zero-order valence-corrected chi connectivity index (χ0v) is 16.3. The molecule has 1 saturated heterocycles. The van der Waals surface area contributed by atoms with Gasteiger partial charge in [0.15, 0.2) is 5.65 Å². The van der Waals surface area contributed by atoms with Gasteiger partial charge in [-0.25, -0.2) is 14.5 Å². The molecule has 5 rings (SSSR count). The summed E-state index contributed by atoms with van der Waals surface area (Å²) >= 11 is 0. The van der Waals surface area contributed by atoms with E-state index < -0.39 is 0 Å². The summed E-state index contributed by atoms with van der Waals surface area (Å²) in [6, 6.07) is 18.1. The summed E-state index contributed by atoms with van der Waals surface area (Å²) in [5, 5.41) is 5.58. The first kappa shape index (κ1) is 17.9. The molecule has 1 aromatic carbocycles. The molecule has 0 saturated carbocycles. The summed E-state index contributed by atoms with van der Waals surface area (Å²) < 4.78 is 3.17. The fraction of sp³-hybridized carbons (Fsp3) is 0.318. The summed E-state index contributed by atoms with van der Waals surface area (Å²) in [6.07, 6.45) is 2.68. The van der Waals surface area contributed by atoms with Crippen LogP contribution in [-0.2, 0) is 6.54 Å². The maximum absolute atomic E-state index is 12.3. The van der Waals surface area contributed by atoms with Crippen LogP contribution in [0.3, 0.4) is 0 Å². The molecule has 1 aliphatic rings. The van der Waals surface area contributed by atoms with E-state index in [1.54, 1.807) is 15.3 Å². The van der Waals surface area contributed by atoms with Crippen molar-refractivity contribution < 1.29 is 0 Å². The Labute approximate surface area is 168 Å². The lowest BCUT2D eigenvalue weighted by molar-refractivity contribution is 0.248. The van der Waals surface area contributed by atoms with Crippen molar-refractivity contribution in [2.24, 2.45) is 0 Å². The number of pyridine rings is 2. The number of benzene rings is 1. The molecule has 29 heavy (non-hydrogen) atoms. The van der Waals surface area contributed by atoms with Crippen LogP contribution in [0.25, 0.3) is 16.6 Å². The van der Waals surface area contributed by atoms with Gasteiger partial charge in [-0.05, 0) is 36.8 Å². The van der Waals surface area contributed by atoms with Crippen LogP contribution in [0.5, 0.6) is 0 Å². The average Bonchev–Trinajstić information content (AvgIpc) is 3.10. The van der Waals surface area contributed by atoms with Crippen molar-refractivity contribution in [3.63, 3.8) is 0 Å². The SMILES string of the molecule is O=c1n(CCCN2CCN(c3ccc4ccccc4n3)CC2)nc2ccccn12. The summed E-state index contributed by atoms with van der Waals surface area (Å²) in [6.45, 7) is 5.58. The fourth-order valence-corrected chi connectivity index (χ4v) is 3.99. The van der Waals surface area contributed by atoms with Crippen molar-refractivity contribution in [3.05, 3.63) is 71.3 Å². The number of rotatable bonds is 5. The first-order chi connectivity index (χ1) is 14.3. The molecule has 1 aliphatic heterocycles. The first-order valence-corrected chi connectivity index (χ1v) is 10.2. The molecule has 0 radical (unpaired) electrons. The highest BCUT2D eigenvalue weighted by Crippen LogP contribution is 2.19. The molecule has 0 bridgehead atoms. The van der Waals surface area contributed by atoms with E-state index in [-0.39, 0.29) is 5.69 Å². The third-order valence-electron chi connectivity index (χ3n) is 5.61. The lowest BCUT2D eigenvalue weighted by Gasteiger charge is -2.35. The lowest BCUT2D eigenvalue weighted by atomic mass is 10.2. The summed E-state index contributed by atoms with van der Waals surface area (Å²) in [5.74, 6) is 1.06. The minimum absolute atomic E-state index is 0.0622.